The number of rotatable bonds is 4. The molecule has 0 aliphatic rings. The minimum Gasteiger partial charge on any atom is -0.380 e. The number of hydrogen-bond donors (Lipinski definition) is 1. The van der Waals surface area contributed by atoms with Gasteiger partial charge in [-0.15, -0.1) is 0 Å². The number of methoxy groups -OCH3 is 1. The van der Waals surface area contributed by atoms with Crippen molar-refractivity contribution in [2.45, 2.75) is 32.9 Å². The van der Waals surface area contributed by atoms with Crippen LogP contribution >= 0.6 is 0 Å². The molecular formula is C11H18N2O. The summed E-state index contributed by atoms with van der Waals surface area (Å²) in [5, 5.41) is 3.30. The van der Waals surface area contributed by atoms with Gasteiger partial charge in [0, 0.05) is 13.3 Å². The first-order chi connectivity index (χ1) is 6.63. The Balaban J connectivity index is 2.60. The Hall–Kier alpha value is -1.09. The zero-order valence-corrected chi connectivity index (χ0v) is 9.24. The molecule has 0 amide bonds. The molecule has 14 heavy (non-hydrogen) atoms. The normalized spacial score (nSPS) is 14.9. The van der Waals surface area contributed by atoms with Crippen LogP contribution in [0.3, 0.4) is 0 Å². The van der Waals surface area contributed by atoms with Gasteiger partial charge in [-0.05, 0) is 38.5 Å². The van der Waals surface area contributed by atoms with Crippen molar-refractivity contribution in [2.24, 2.45) is 0 Å². The lowest BCUT2D eigenvalue weighted by Crippen LogP contribution is -2.30. The number of aryl methyl sites for hydroxylation is 1. The first kappa shape index (κ1) is 11.0. The van der Waals surface area contributed by atoms with Crippen molar-refractivity contribution in [3.05, 3.63) is 23.9 Å². The van der Waals surface area contributed by atoms with Crippen molar-refractivity contribution in [1.29, 1.82) is 0 Å². The van der Waals surface area contributed by atoms with E-state index in [9.17, 15) is 0 Å². The molecule has 0 saturated carbocycles. The van der Waals surface area contributed by atoms with Gasteiger partial charge in [0.25, 0.3) is 0 Å². The van der Waals surface area contributed by atoms with Gasteiger partial charge in [0.15, 0.2) is 0 Å². The van der Waals surface area contributed by atoms with Crippen LogP contribution < -0.4 is 5.32 Å². The maximum Gasteiger partial charge on any atom is 0.126 e. The smallest absolute Gasteiger partial charge is 0.126 e. The van der Waals surface area contributed by atoms with Crippen LogP contribution in [0.25, 0.3) is 0 Å². The summed E-state index contributed by atoms with van der Waals surface area (Å²) in [6, 6.07) is 4.27. The van der Waals surface area contributed by atoms with E-state index in [1.807, 2.05) is 25.3 Å². The molecular weight excluding hydrogens is 176 g/mol. The highest BCUT2D eigenvalue weighted by Gasteiger charge is 2.10. The van der Waals surface area contributed by atoms with E-state index >= 15 is 0 Å². The molecule has 0 fully saturated rings. The highest BCUT2D eigenvalue weighted by molar-refractivity contribution is 5.38. The quantitative estimate of drug-likeness (QED) is 0.798. The second-order valence-electron chi connectivity index (χ2n) is 3.59. The molecule has 3 heteroatoms. The highest BCUT2D eigenvalue weighted by atomic mass is 16.5. The minimum atomic E-state index is 0.178. The molecule has 1 N–H and O–H groups in total. The van der Waals surface area contributed by atoms with Gasteiger partial charge >= 0.3 is 0 Å². The van der Waals surface area contributed by atoms with Crippen molar-refractivity contribution in [1.82, 2.24) is 4.98 Å². The van der Waals surface area contributed by atoms with Gasteiger partial charge in [0.2, 0.25) is 0 Å². The summed E-state index contributed by atoms with van der Waals surface area (Å²) in [5.41, 5.74) is 1.21. The van der Waals surface area contributed by atoms with E-state index in [1.165, 1.54) is 5.56 Å². The van der Waals surface area contributed by atoms with Crippen LogP contribution in [-0.4, -0.2) is 24.2 Å². The molecule has 1 rings (SSSR count). The summed E-state index contributed by atoms with van der Waals surface area (Å²) >= 11 is 0. The Morgan fingerprint density at radius 2 is 2.14 bits per heavy atom. The van der Waals surface area contributed by atoms with E-state index in [0.717, 1.165) is 5.82 Å². The standard InChI is InChI=1S/C11H18N2O/c1-8-5-6-12-11(7-8)13-9(2)10(3)14-4/h5-7,9-10H,1-4H3,(H,12,13). The molecule has 0 radical (unpaired) electrons. The number of aromatic nitrogens is 1. The molecule has 1 aromatic heterocycles. The van der Waals surface area contributed by atoms with Gasteiger partial charge in [-0.1, -0.05) is 0 Å². The van der Waals surface area contributed by atoms with Crippen LogP contribution in [0.4, 0.5) is 5.82 Å². The molecule has 0 aromatic carbocycles. The fourth-order valence-electron chi connectivity index (χ4n) is 1.17. The monoisotopic (exact) mass is 194 g/mol. The summed E-state index contributed by atoms with van der Waals surface area (Å²) in [5.74, 6) is 0.904. The summed E-state index contributed by atoms with van der Waals surface area (Å²) in [6.45, 7) is 6.17. The third kappa shape index (κ3) is 3.00. The lowest BCUT2D eigenvalue weighted by Gasteiger charge is -2.20. The number of ether oxygens (including phenoxy) is 1. The topological polar surface area (TPSA) is 34.1 Å². The number of pyridine rings is 1. The van der Waals surface area contributed by atoms with E-state index in [4.69, 9.17) is 4.74 Å². The number of anilines is 1. The second-order valence-corrected chi connectivity index (χ2v) is 3.59. The molecule has 1 aromatic rings. The molecule has 0 bridgehead atoms. The predicted molar refractivity (Wildman–Crippen MR) is 58.5 cm³/mol. The van der Waals surface area contributed by atoms with E-state index < -0.39 is 0 Å². The largest absolute Gasteiger partial charge is 0.380 e. The molecule has 2 unspecified atom stereocenters. The predicted octanol–water partition coefficient (Wildman–Crippen LogP) is 2.23. The maximum atomic E-state index is 5.22. The van der Waals surface area contributed by atoms with Crippen molar-refractivity contribution in [3.63, 3.8) is 0 Å². The second kappa shape index (κ2) is 4.96. The van der Waals surface area contributed by atoms with E-state index in [0.29, 0.717) is 0 Å². The van der Waals surface area contributed by atoms with E-state index in [-0.39, 0.29) is 12.1 Å². The van der Waals surface area contributed by atoms with Crippen LogP contribution in [0.5, 0.6) is 0 Å². The number of hydrogen-bond acceptors (Lipinski definition) is 3. The zero-order chi connectivity index (χ0) is 10.6. The Morgan fingerprint density at radius 1 is 1.43 bits per heavy atom. The summed E-state index contributed by atoms with van der Waals surface area (Å²) in [6.07, 6.45) is 1.99. The molecule has 3 nitrogen and oxygen atoms in total. The van der Waals surface area contributed by atoms with Crippen molar-refractivity contribution < 1.29 is 4.74 Å². The van der Waals surface area contributed by atoms with Gasteiger partial charge in [-0.3, -0.25) is 0 Å². The van der Waals surface area contributed by atoms with Crippen LogP contribution in [0, 0.1) is 6.92 Å². The average molecular weight is 194 g/mol. The Morgan fingerprint density at radius 3 is 2.71 bits per heavy atom. The molecule has 0 aliphatic heterocycles. The van der Waals surface area contributed by atoms with Gasteiger partial charge in [-0.25, -0.2) is 4.98 Å². The summed E-state index contributed by atoms with van der Waals surface area (Å²) < 4.78 is 5.22. The zero-order valence-electron chi connectivity index (χ0n) is 9.24. The molecule has 1 heterocycles. The summed E-state index contributed by atoms with van der Waals surface area (Å²) in [7, 11) is 1.71. The van der Waals surface area contributed by atoms with Crippen LogP contribution in [0.2, 0.25) is 0 Å². The van der Waals surface area contributed by atoms with Crippen LogP contribution in [-0.2, 0) is 4.74 Å². The number of nitrogens with zero attached hydrogens (tertiary/aromatic N) is 1. The molecule has 0 saturated heterocycles. The molecule has 78 valence electrons. The highest BCUT2D eigenvalue weighted by Crippen LogP contribution is 2.09. The van der Waals surface area contributed by atoms with Crippen molar-refractivity contribution in [2.75, 3.05) is 12.4 Å². The minimum absolute atomic E-state index is 0.178. The number of nitrogens with one attached hydrogen (secondary N) is 1. The third-order valence-corrected chi connectivity index (χ3v) is 2.37. The molecule has 0 spiro atoms. The van der Waals surface area contributed by atoms with E-state index in [1.54, 1.807) is 7.11 Å². The Labute approximate surface area is 85.5 Å². The van der Waals surface area contributed by atoms with Crippen LogP contribution in [0.15, 0.2) is 18.3 Å². The van der Waals surface area contributed by atoms with Crippen molar-refractivity contribution in [3.8, 4) is 0 Å². The van der Waals surface area contributed by atoms with Crippen LogP contribution in [0.1, 0.15) is 19.4 Å². The fourth-order valence-corrected chi connectivity index (χ4v) is 1.17. The van der Waals surface area contributed by atoms with E-state index in [2.05, 4.69) is 24.1 Å². The summed E-state index contributed by atoms with van der Waals surface area (Å²) in [4.78, 5) is 4.23. The molecule has 0 aliphatic carbocycles. The van der Waals surface area contributed by atoms with Crippen molar-refractivity contribution >= 4 is 5.82 Å². The third-order valence-electron chi connectivity index (χ3n) is 2.37. The Kier molecular flexibility index (Phi) is 3.89. The first-order valence-corrected chi connectivity index (χ1v) is 4.85. The lowest BCUT2D eigenvalue weighted by atomic mass is 10.2. The SMILES string of the molecule is COC(C)C(C)Nc1cc(C)ccn1. The van der Waals surface area contributed by atoms with Gasteiger partial charge in [0.05, 0.1) is 12.1 Å². The first-order valence-electron chi connectivity index (χ1n) is 4.85. The molecule has 2 atom stereocenters. The Bertz CT molecular complexity index is 288. The fraction of sp³-hybridized carbons (Fsp3) is 0.545. The van der Waals surface area contributed by atoms with Gasteiger partial charge in [0.1, 0.15) is 5.82 Å². The van der Waals surface area contributed by atoms with Gasteiger partial charge in [-0.2, -0.15) is 0 Å². The van der Waals surface area contributed by atoms with Gasteiger partial charge < -0.3 is 10.1 Å². The maximum absolute atomic E-state index is 5.22. The average Bonchev–Trinajstić information content (AvgIpc) is 2.16. The lowest BCUT2D eigenvalue weighted by molar-refractivity contribution is 0.106.